The highest BCUT2D eigenvalue weighted by atomic mass is 16.5. The zero-order valence-electron chi connectivity index (χ0n) is 10.00. The molecule has 1 aromatic carbocycles. The largest absolute Gasteiger partial charge is 0.475 e. The highest BCUT2D eigenvalue weighted by Gasteiger charge is 2.09. The summed E-state index contributed by atoms with van der Waals surface area (Å²) in [5.74, 6) is 0.505. The molecule has 1 aromatic heterocycles. The Hall–Kier alpha value is -1.85. The van der Waals surface area contributed by atoms with Crippen molar-refractivity contribution in [2.45, 2.75) is 25.7 Å². The van der Waals surface area contributed by atoms with E-state index in [0.29, 0.717) is 17.8 Å². The van der Waals surface area contributed by atoms with Gasteiger partial charge in [0.15, 0.2) is 0 Å². The van der Waals surface area contributed by atoms with Crippen LogP contribution < -0.4 is 16.1 Å². The van der Waals surface area contributed by atoms with Crippen molar-refractivity contribution < 1.29 is 14.3 Å². The maximum absolute atomic E-state index is 11.1. The van der Waals surface area contributed by atoms with Gasteiger partial charge in [-0.1, -0.05) is 0 Å². The molecule has 2 aromatic rings. The lowest BCUT2D eigenvalue weighted by Crippen LogP contribution is -2.30. The lowest BCUT2D eigenvalue weighted by Gasteiger charge is -2.15. The van der Waals surface area contributed by atoms with E-state index in [1.165, 1.54) is 6.07 Å². The first-order valence-electron chi connectivity index (χ1n) is 5.69. The summed E-state index contributed by atoms with van der Waals surface area (Å²) >= 11 is 0. The maximum Gasteiger partial charge on any atom is 0.336 e. The Morgan fingerprint density at radius 3 is 2.83 bits per heavy atom. The first-order chi connectivity index (χ1) is 8.54. The summed E-state index contributed by atoms with van der Waals surface area (Å²) in [5, 5.41) is 10.0. The topological polar surface area (TPSA) is 85.7 Å². The van der Waals surface area contributed by atoms with E-state index in [4.69, 9.17) is 14.9 Å². The third-order valence-corrected chi connectivity index (χ3v) is 2.46. The molecule has 0 fully saturated rings. The van der Waals surface area contributed by atoms with Crippen LogP contribution in [0.4, 0.5) is 0 Å². The Morgan fingerprint density at radius 2 is 2.11 bits per heavy atom. The van der Waals surface area contributed by atoms with Crippen LogP contribution in [0.2, 0.25) is 0 Å². The molecule has 96 valence electrons. The molecule has 0 aliphatic heterocycles. The fourth-order valence-corrected chi connectivity index (χ4v) is 1.67. The van der Waals surface area contributed by atoms with Gasteiger partial charge in [0.05, 0.1) is 6.10 Å². The highest BCUT2D eigenvalue weighted by Crippen LogP contribution is 2.20. The van der Waals surface area contributed by atoms with E-state index in [-0.39, 0.29) is 0 Å². The minimum absolute atomic E-state index is 0.330. The van der Waals surface area contributed by atoms with E-state index in [1.807, 2.05) is 0 Å². The molecule has 18 heavy (non-hydrogen) atoms. The van der Waals surface area contributed by atoms with Crippen LogP contribution in [0.25, 0.3) is 11.0 Å². The third-order valence-electron chi connectivity index (χ3n) is 2.46. The molecule has 0 saturated heterocycles. The molecule has 0 radical (unpaired) electrons. The summed E-state index contributed by atoms with van der Waals surface area (Å²) in [6.45, 7) is 1.64. The van der Waals surface area contributed by atoms with Crippen LogP contribution in [-0.2, 0) is 0 Å². The molecule has 5 nitrogen and oxygen atoms in total. The van der Waals surface area contributed by atoms with Gasteiger partial charge in [0.1, 0.15) is 17.6 Å². The van der Waals surface area contributed by atoms with Crippen molar-refractivity contribution in [3.63, 3.8) is 0 Å². The average Bonchev–Trinajstić information content (AvgIpc) is 2.27. The molecule has 0 aliphatic carbocycles. The molecular weight excluding hydrogens is 234 g/mol. The molecule has 0 amide bonds. The number of fused-ring (bicyclic) bond motifs is 1. The standard InChI is InChI=1S/C13H15NO4/c1-8(15)6-12(14)17-10-4-2-9-3-5-13(16)18-11(9)7-10/h2-5,7-8,12,15H,6,14H2,1H3. The number of rotatable bonds is 4. The second-order valence-corrected chi connectivity index (χ2v) is 4.20. The molecule has 2 rings (SSSR count). The minimum atomic E-state index is -0.599. The van der Waals surface area contributed by atoms with Crippen molar-refractivity contribution in [2.24, 2.45) is 5.73 Å². The Bertz CT molecular complexity index is 591. The molecule has 1 heterocycles. The Balaban J connectivity index is 2.21. The Morgan fingerprint density at radius 1 is 1.39 bits per heavy atom. The quantitative estimate of drug-likeness (QED) is 0.628. The van der Waals surface area contributed by atoms with E-state index in [9.17, 15) is 9.90 Å². The molecule has 3 N–H and O–H groups in total. The molecule has 0 bridgehead atoms. The molecule has 2 unspecified atom stereocenters. The maximum atomic E-state index is 11.1. The van der Waals surface area contributed by atoms with Crippen LogP contribution in [0, 0.1) is 0 Å². The van der Waals surface area contributed by atoms with Crippen LogP contribution in [0.15, 0.2) is 39.5 Å². The summed E-state index contributed by atoms with van der Waals surface area (Å²) in [7, 11) is 0. The van der Waals surface area contributed by atoms with Gasteiger partial charge in [-0.25, -0.2) is 4.79 Å². The predicted octanol–water partition coefficient (Wildman–Crippen LogP) is 1.23. The number of aliphatic hydroxyl groups is 1. The van der Waals surface area contributed by atoms with Crippen molar-refractivity contribution in [3.05, 3.63) is 40.8 Å². The van der Waals surface area contributed by atoms with Crippen molar-refractivity contribution in [1.82, 2.24) is 0 Å². The molecule has 0 saturated carbocycles. The number of nitrogens with two attached hydrogens (primary N) is 1. The van der Waals surface area contributed by atoms with Gasteiger partial charge in [0.25, 0.3) is 0 Å². The van der Waals surface area contributed by atoms with E-state index < -0.39 is 18.0 Å². The minimum Gasteiger partial charge on any atom is -0.475 e. The normalized spacial score (nSPS) is 14.4. The second kappa shape index (κ2) is 5.20. The average molecular weight is 249 g/mol. The van der Waals surface area contributed by atoms with Crippen LogP contribution >= 0.6 is 0 Å². The molecule has 0 aliphatic rings. The van der Waals surface area contributed by atoms with Gasteiger partial charge in [-0.05, 0) is 25.1 Å². The SMILES string of the molecule is CC(O)CC(N)Oc1ccc2ccc(=O)oc2c1. The van der Waals surface area contributed by atoms with E-state index in [0.717, 1.165) is 5.39 Å². The van der Waals surface area contributed by atoms with Gasteiger partial charge in [0.2, 0.25) is 0 Å². The summed E-state index contributed by atoms with van der Waals surface area (Å²) in [4.78, 5) is 11.1. The first kappa shape index (κ1) is 12.6. The number of hydrogen-bond donors (Lipinski definition) is 2. The van der Waals surface area contributed by atoms with Gasteiger partial charge >= 0.3 is 5.63 Å². The fraction of sp³-hybridized carbons (Fsp3) is 0.308. The summed E-state index contributed by atoms with van der Waals surface area (Å²) in [5.41, 5.74) is 5.75. The van der Waals surface area contributed by atoms with Gasteiger partial charge in [-0.2, -0.15) is 0 Å². The number of benzene rings is 1. The second-order valence-electron chi connectivity index (χ2n) is 4.20. The van der Waals surface area contributed by atoms with Gasteiger partial charge in [-0.3, -0.25) is 5.73 Å². The lowest BCUT2D eigenvalue weighted by atomic mass is 10.2. The van der Waals surface area contributed by atoms with Gasteiger partial charge < -0.3 is 14.3 Å². The van der Waals surface area contributed by atoms with Gasteiger partial charge in [-0.15, -0.1) is 0 Å². The number of hydrogen-bond acceptors (Lipinski definition) is 5. The summed E-state index contributed by atoms with van der Waals surface area (Å²) in [6.07, 6.45) is -0.798. The smallest absolute Gasteiger partial charge is 0.336 e. The summed E-state index contributed by atoms with van der Waals surface area (Å²) < 4.78 is 10.5. The van der Waals surface area contributed by atoms with Crippen molar-refractivity contribution >= 4 is 11.0 Å². The Labute approximate surface area is 104 Å². The van der Waals surface area contributed by atoms with E-state index >= 15 is 0 Å². The molecule has 5 heteroatoms. The first-order valence-corrected chi connectivity index (χ1v) is 5.69. The fourth-order valence-electron chi connectivity index (χ4n) is 1.67. The monoisotopic (exact) mass is 249 g/mol. The zero-order chi connectivity index (χ0) is 13.1. The van der Waals surface area contributed by atoms with Crippen molar-refractivity contribution in [3.8, 4) is 5.75 Å². The predicted molar refractivity (Wildman–Crippen MR) is 67.4 cm³/mol. The summed E-state index contributed by atoms with van der Waals surface area (Å²) in [6, 6.07) is 8.17. The van der Waals surface area contributed by atoms with Crippen molar-refractivity contribution in [2.75, 3.05) is 0 Å². The zero-order valence-corrected chi connectivity index (χ0v) is 10.00. The van der Waals surface area contributed by atoms with E-state index in [2.05, 4.69) is 0 Å². The van der Waals surface area contributed by atoms with Crippen LogP contribution in [0.5, 0.6) is 5.75 Å². The van der Waals surface area contributed by atoms with Crippen molar-refractivity contribution in [1.29, 1.82) is 0 Å². The number of ether oxygens (including phenoxy) is 1. The molecule has 2 atom stereocenters. The number of aliphatic hydroxyl groups excluding tert-OH is 1. The third kappa shape index (κ3) is 3.09. The lowest BCUT2D eigenvalue weighted by molar-refractivity contribution is 0.109. The van der Waals surface area contributed by atoms with Crippen LogP contribution in [0.3, 0.4) is 0 Å². The molecular formula is C13H15NO4. The van der Waals surface area contributed by atoms with E-state index in [1.54, 1.807) is 31.2 Å². The highest BCUT2D eigenvalue weighted by molar-refractivity contribution is 5.77. The van der Waals surface area contributed by atoms with Gasteiger partial charge in [0, 0.05) is 23.9 Å². The van der Waals surface area contributed by atoms with Crippen LogP contribution in [-0.4, -0.2) is 17.4 Å². The van der Waals surface area contributed by atoms with Crippen LogP contribution in [0.1, 0.15) is 13.3 Å². The Kier molecular flexibility index (Phi) is 3.64. The molecule has 0 spiro atoms.